The standard InChI is InChI=1S/C24H16ClFN2O4/c25-17-5-3-6-19(13-17)28-23(30)20(22(29)27-24(28)31)12-16-4-1-2-7-21(16)32-14-15-8-10-18(26)11-9-15/h1-13H,14H2,(H,27,29,31)/b20-12+. The van der Waals surface area contributed by atoms with E-state index < -0.39 is 17.8 Å². The van der Waals surface area contributed by atoms with Crippen molar-refractivity contribution in [3.05, 3.63) is 100 Å². The van der Waals surface area contributed by atoms with Crippen LogP contribution in [0.3, 0.4) is 0 Å². The molecule has 0 aromatic heterocycles. The van der Waals surface area contributed by atoms with Crippen molar-refractivity contribution in [2.24, 2.45) is 0 Å². The third kappa shape index (κ3) is 4.53. The predicted octanol–water partition coefficient (Wildman–Crippen LogP) is 4.72. The first-order valence-corrected chi connectivity index (χ1v) is 9.93. The highest BCUT2D eigenvalue weighted by Crippen LogP contribution is 2.27. The summed E-state index contributed by atoms with van der Waals surface area (Å²) in [5.41, 5.74) is 1.22. The SMILES string of the molecule is O=C1NC(=O)N(c2cccc(Cl)c2)C(=O)/C1=C/c1ccccc1OCc1ccc(F)cc1. The van der Waals surface area contributed by atoms with Crippen LogP contribution in [0.4, 0.5) is 14.9 Å². The van der Waals surface area contributed by atoms with Crippen molar-refractivity contribution in [1.29, 1.82) is 0 Å². The topological polar surface area (TPSA) is 75.7 Å². The zero-order valence-corrected chi connectivity index (χ0v) is 17.3. The van der Waals surface area contributed by atoms with E-state index in [0.29, 0.717) is 16.3 Å². The number of barbiturate groups is 1. The quantitative estimate of drug-likeness (QED) is 0.450. The highest BCUT2D eigenvalue weighted by Gasteiger charge is 2.37. The van der Waals surface area contributed by atoms with Gasteiger partial charge in [0, 0.05) is 10.6 Å². The smallest absolute Gasteiger partial charge is 0.335 e. The molecular formula is C24H16ClFN2O4. The third-order valence-electron chi connectivity index (χ3n) is 4.69. The zero-order chi connectivity index (χ0) is 22.7. The number of hydrogen-bond acceptors (Lipinski definition) is 4. The van der Waals surface area contributed by atoms with E-state index in [-0.39, 0.29) is 23.7 Å². The van der Waals surface area contributed by atoms with Crippen molar-refractivity contribution in [2.75, 3.05) is 4.90 Å². The van der Waals surface area contributed by atoms with Gasteiger partial charge in [0.25, 0.3) is 11.8 Å². The maximum atomic E-state index is 13.1. The molecule has 0 unspecified atom stereocenters. The molecule has 0 radical (unpaired) electrons. The number of carbonyl (C=O) groups is 3. The molecule has 4 amide bonds. The van der Waals surface area contributed by atoms with Gasteiger partial charge in [-0.3, -0.25) is 14.9 Å². The third-order valence-corrected chi connectivity index (χ3v) is 4.93. The fraction of sp³-hybridized carbons (Fsp3) is 0.0417. The van der Waals surface area contributed by atoms with Crippen LogP contribution in [0.25, 0.3) is 6.08 Å². The molecule has 1 aliphatic rings. The van der Waals surface area contributed by atoms with E-state index in [1.54, 1.807) is 48.5 Å². The van der Waals surface area contributed by atoms with Crippen LogP contribution in [0.15, 0.2) is 78.4 Å². The number of anilines is 1. The van der Waals surface area contributed by atoms with Crippen LogP contribution in [0, 0.1) is 5.82 Å². The number of rotatable bonds is 5. The number of hydrogen-bond donors (Lipinski definition) is 1. The lowest BCUT2D eigenvalue weighted by atomic mass is 10.1. The molecule has 1 N–H and O–H groups in total. The first-order chi connectivity index (χ1) is 15.4. The molecule has 0 aliphatic carbocycles. The van der Waals surface area contributed by atoms with Gasteiger partial charge >= 0.3 is 6.03 Å². The van der Waals surface area contributed by atoms with Gasteiger partial charge in [0.2, 0.25) is 0 Å². The average Bonchev–Trinajstić information content (AvgIpc) is 2.77. The number of urea groups is 1. The fourth-order valence-corrected chi connectivity index (χ4v) is 3.32. The lowest BCUT2D eigenvalue weighted by molar-refractivity contribution is -0.122. The zero-order valence-electron chi connectivity index (χ0n) is 16.5. The minimum atomic E-state index is -0.861. The van der Waals surface area contributed by atoms with Crippen molar-refractivity contribution in [3.8, 4) is 5.75 Å². The number of nitrogens with one attached hydrogen (secondary N) is 1. The second-order valence-electron chi connectivity index (χ2n) is 6.89. The summed E-state index contributed by atoms with van der Waals surface area (Å²) in [5.74, 6) is -1.53. The second kappa shape index (κ2) is 9.03. The molecule has 3 aromatic carbocycles. The summed E-state index contributed by atoms with van der Waals surface area (Å²) in [4.78, 5) is 38.7. The summed E-state index contributed by atoms with van der Waals surface area (Å²) < 4.78 is 18.9. The molecule has 6 nitrogen and oxygen atoms in total. The van der Waals surface area contributed by atoms with Gasteiger partial charge in [-0.2, -0.15) is 0 Å². The van der Waals surface area contributed by atoms with Crippen LogP contribution in [0.1, 0.15) is 11.1 Å². The first-order valence-electron chi connectivity index (χ1n) is 9.55. The van der Waals surface area contributed by atoms with Gasteiger partial charge < -0.3 is 4.74 Å². The van der Waals surface area contributed by atoms with Crippen LogP contribution in [0.5, 0.6) is 5.75 Å². The van der Waals surface area contributed by atoms with Gasteiger partial charge in [0.1, 0.15) is 23.7 Å². The lowest BCUT2D eigenvalue weighted by Crippen LogP contribution is -2.54. The largest absolute Gasteiger partial charge is 0.488 e. The number of amides is 4. The van der Waals surface area contributed by atoms with Crippen LogP contribution in [-0.4, -0.2) is 17.8 Å². The Balaban J connectivity index is 1.63. The summed E-state index contributed by atoms with van der Waals surface area (Å²) >= 11 is 5.98. The molecule has 0 spiro atoms. The molecule has 0 bridgehead atoms. The average molecular weight is 451 g/mol. The Kier molecular flexibility index (Phi) is 6.00. The Morgan fingerprint density at radius 3 is 2.47 bits per heavy atom. The van der Waals surface area contributed by atoms with Crippen molar-refractivity contribution in [3.63, 3.8) is 0 Å². The Morgan fingerprint density at radius 2 is 1.72 bits per heavy atom. The molecule has 160 valence electrons. The van der Waals surface area contributed by atoms with Gasteiger partial charge in [0.05, 0.1) is 5.69 Å². The highest BCUT2D eigenvalue weighted by molar-refractivity contribution is 6.39. The van der Waals surface area contributed by atoms with Crippen molar-refractivity contribution in [1.82, 2.24) is 5.32 Å². The first kappa shape index (κ1) is 21.3. The van der Waals surface area contributed by atoms with Crippen molar-refractivity contribution < 1.29 is 23.5 Å². The van der Waals surface area contributed by atoms with Crippen molar-refractivity contribution in [2.45, 2.75) is 6.61 Å². The van der Waals surface area contributed by atoms with E-state index in [9.17, 15) is 18.8 Å². The Labute approximate surface area is 187 Å². The van der Waals surface area contributed by atoms with E-state index >= 15 is 0 Å². The number of para-hydroxylation sites is 1. The number of carbonyl (C=O) groups excluding carboxylic acids is 3. The van der Waals surface area contributed by atoms with Gasteiger partial charge in [-0.25, -0.2) is 14.1 Å². The Bertz CT molecular complexity index is 1240. The maximum absolute atomic E-state index is 13.1. The predicted molar refractivity (Wildman–Crippen MR) is 118 cm³/mol. The minimum Gasteiger partial charge on any atom is -0.488 e. The van der Waals surface area contributed by atoms with Crippen LogP contribution >= 0.6 is 11.6 Å². The molecule has 8 heteroatoms. The molecule has 0 saturated carbocycles. The molecule has 3 aromatic rings. The van der Waals surface area contributed by atoms with E-state index in [4.69, 9.17) is 16.3 Å². The second-order valence-corrected chi connectivity index (χ2v) is 7.33. The molecular weight excluding hydrogens is 435 g/mol. The van der Waals surface area contributed by atoms with Crippen LogP contribution < -0.4 is 15.0 Å². The maximum Gasteiger partial charge on any atom is 0.335 e. The van der Waals surface area contributed by atoms with Gasteiger partial charge in [0.15, 0.2) is 0 Å². The molecule has 1 aliphatic heterocycles. The molecule has 1 heterocycles. The lowest BCUT2D eigenvalue weighted by Gasteiger charge is -2.26. The fourth-order valence-electron chi connectivity index (χ4n) is 3.14. The number of nitrogens with zero attached hydrogens (tertiary/aromatic N) is 1. The van der Waals surface area contributed by atoms with Gasteiger partial charge in [-0.05, 0) is 48.0 Å². The van der Waals surface area contributed by atoms with Crippen molar-refractivity contribution >= 4 is 41.2 Å². The summed E-state index contributed by atoms with van der Waals surface area (Å²) in [6.45, 7) is 0.160. The molecule has 0 atom stereocenters. The van der Waals surface area contributed by atoms with Crippen LogP contribution in [-0.2, 0) is 16.2 Å². The van der Waals surface area contributed by atoms with E-state index in [2.05, 4.69) is 5.32 Å². The summed E-state index contributed by atoms with van der Waals surface area (Å²) in [6, 6.07) is 18.0. The molecule has 4 rings (SSSR count). The molecule has 1 fully saturated rings. The number of imide groups is 2. The highest BCUT2D eigenvalue weighted by atomic mass is 35.5. The summed E-state index contributed by atoms with van der Waals surface area (Å²) in [6.07, 6.45) is 1.36. The number of halogens is 2. The van der Waals surface area contributed by atoms with Gasteiger partial charge in [-0.15, -0.1) is 0 Å². The summed E-state index contributed by atoms with van der Waals surface area (Å²) in [7, 11) is 0. The monoisotopic (exact) mass is 450 g/mol. The number of ether oxygens (including phenoxy) is 1. The summed E-state index contributed by atoms with van der Waals surface area (Å²) in [5, 5.41) is 2.51. The minimum absolute atomic E-state index is 0.160. The van der Waals surface area contributed by atoms with Crippen LogP contribution in [0.2, 0.25) is 5.02 Å². The van der Waals surface area contributed by atoms with E-state index in [1.165, 1.54) is 30.3 Å². The normalized spacial score (nSPS) is 15.1. The molecule has 32 heavy (non-hydrogen) atoms. The van der Waals surface area contributed by atoms with Gasteiger partial charge in [-0.1, -0.05) is 48.0 Å². The van der Waals surface area contributed by atoms with E-state index in [1.807, 2.05) is 0 Å². The Morgan fingerprint density at radius 1 is 0.969 bits per heavy atom. The molecule has 1 saturated heterocycles. The Hall–Kier alpha value is -3.97. The number of benzene rings is 3. The van der Waals surface area contributed by atoms with E-state index in [0.717, 1.165) is 10.5 Å².